The van der Waals surface area contributed by atoms with E-state index in [9.17, 15) is 30.0 Å². The minimum atomic E-state index is -1.20. The van der Waals surface area contributed by atoms with E-state index in [0.717, 1.165) is 30.0 Å². The zero-order chi connectivity index (χ0) is 40.3. The lowest BCUT2D eigenvalue weighted by Gasteiger charge is -2.27. The van der Waals surface area contributed by atoms with Crippen LogP contribution in [0.3, 0.4) is 0 Å². The highest BCUT2D eigenvalue weighted by molar-refractivity contribution is 5.94. The number of aliphatic hydroxyl groups excluding tert-OH is 2. The number of amides is 2. The van der Waals surface area contributed by atoms with Gasteiger partial charge in [0.1, 0.15) is 29.5 Å². The molecule has 59 heavy (non-hydrogen) atoms. The predicted molar refractivity (Wildman–Crippen MR) is 222 cm³/mol. The van der Waals surface area contributed by atoms with Crippen molar-refractivity contribution in [1.82, 2.24) is 35.1 Å². The zero-order valence-electron chi connectivity index (χ0n) is 32.5. The van der Waals surface area contributed by atoms with Gasteiger partial charge in [0.25, 0.3) is 5.91 Å². The summed E-state index contributed by atoms with van der Waals surface area (Å²) in [5.41, 5.74) is 3.17. The maximum Gasteiger partial charge on any atom is 0.253 e. The molecular formula is C41H49ClN10O7. The molecule has 2 saturated heterocycles. The third kappa shape index (κ3) is 8.97. The summed E-state index contributed by atoms with van der Waals surface area (Å²) < 4.78 is 7.17. The Morgan fingerprint density at radius 3 is 2.20 bits per heavy atom. The molecular weight excluding hydrogens is 780 g/mol. The van der Waals surface area contributed by atoms with Gasteiger partial charge in [0.2, 0.25) is 11.9 Å². The molecule has 2 amide bonds. The van der Waals surface area contributed by atoms with Gasteiger partial charge in [-0.25, -0.2) is 9.97 Å². The van der Waals surface area contributed by atoms with Crippen LogP contribution < -0.4 is 25.8 Å². The van der Waals surface area contributed by atoms with Crippen molar-refractivity contribution in [2.24, 2.45) is 0 Å². The van der Waals surface area contributed by atoms with Crippen LogP contribution in [-0.2, 0) is 9.53 Å². The number of halogens is 1. The van der Waals surface area contributed by atoms with Crippen molar-refractivity contribution in [2.45, 2.75) is 62.4 Å². The number of fused-ring (bicyclic) bond motifs is 1. The lowest BCUT2D eigenvalue weighted by atomic mass is 9.91. The number of imidazole rings is 1. The normalized spacial score (nSPS) is 21.7. The number of hydrogen-bond donors (Lipinski definition) is 7. The van der Waals surface area contributed by atoms with Crippen LogP contribution in [0.1, 0.15) is 59.6 Å². The first-order chi connectivity index (χ1) is 28.1. The Kier molecular flexibility index (Phi) is 12.7. The van der Waals surface area contributed by atoms with E-state index in [1.807, 2.05) is 35.2 Å². The molecule has 5 aromatic rings. The van der Waals surface area contributed by atoms with Crippen LogP contribution >= 0.6 is 12.4 Å². The largest absolute Gasteiger partial charge is 0.508 e. The molecule has 8 rings (SSSR count). The van der Waals surface area contributed by atoms with E-state index in [2.05, 4.69) is 25.8 Å². The molecule has 0 radical (unpaired) electrons. The molecule has 5 heterocycles. The summed E-state index contributed by atoms with van der Waals surface area (Å²) in [6.45, 7) is 5.85. The fourth-order valence-electron chi connectivity index (χ4n) is 8.02. The van der Waals surface area contributed by atoms with Gasteiger partial charge in [0.05, 0.1) is 37.2 Å². The molecule has 0 spiro atoms. The van der Waals surface area contributed by atoms with Crippen molar-refractivity contribution in [3.8, 4) is 11.5 Å². The summed E-state index contributed by atoms with van der Waals surface area (Å²) in [6, 6.07) is 16.0. The number of aromatic hydroxyl groups is 2. The lowest BCUT2D eigenvalue weighted by molar-refractivity contribution is -0.122. The van der Waals surface area contributed by atoms with Crippen molar-refractivity contribution in [2.75, 3.05) is 61.1 Å². The molecule has 312 valence electrons. The fourth-order valence-corrected chi connectivity index (χ4v) is 8.02. The molecule has 17 nitrogen and oxygen atoms in total. The first-order valence-electron chi connectivity index (χ1n) is 19.7. The van der Waals surface area contributed by atoms with E-state index in [1.54, 1.807) is 54.3 Å². The van der Waals surface area contributed by atoms with E-state index >= 15 is 0 Å². The lowest BCUT2D eigenvalue weighted by Crippen LogP contribution is -2.42. The number of phenolic OH excluding ortho intramolecular Hbond substituents is 2. The standard InChI is InChI=1S/C41H48N10O7.ClH/c1-2-34(54)46-31-19-32(37(56)36(31)55)51-23-44-35-38(43-21-30(24-3-8-28(52)9-4-24)25-5-10-29(53)11-6-25)47-41(48-39(35)51)50-14-13-27(22-50)45-40(57)26-7-12-33(42-20-26)49-15-17-58-18-16-49;/h3-12,20,23,27,30-32,36-37,52-53,55-56H,2,13-19,21-22H2,1H3,(H,45,57)(H,46,54)(H,43,47,48);1H/t27?,31-,32+,36+,37-;/m0./s1. The van der Waals surface area contributed by atoms with E-state index in [0.29, 0.717) is 67.8 Å². The van der Waals surface area contributed by atoms with Gasteiger partial charge in [0, 0.05) is 57.3 Å². The number of benzene rings is 2. The average molecular weight is 829 g/mol. The summed E-state index contributed by atoms with van der Waals surface area (Å²) in [5, 5.41) is 51.7. The van der Waals surface area contributed by atoms with Crippen LogP contribution in [0, 0.1) is 0 Å². The van der Waals surface area contributed by atoms with Gasteiger partial charge in [-0.2, -0.15) is 9.97 Å². The average Bonchev–Trinajstić information content (AvgIpc) is 3.97. The van der Waals surface area contributed by atoms with E-state index < -0.39 is 24.3 Å². The van der Waals surface area contributed by atoms with Gasteiger partial charge in [-0.05, 0) is 60.4 Å². The molecule has 1 aliphatic carbocycles. The van der Waals surface area contributed by atoms with Crippen LogP contribution in [0.15, 0.2) is 73.2 Å². The Labute approximate surface area is 346 Å². The molecule has 3 aliphatic rings. The molecule has 18 heteroatoms. The second-order valence-corrected chi connectivity index (χ2v) is 15.0. The highest BCUT2D eigenvalue weighted by Crippen LogP contribution is 2.36. The number of carbonyl (C=O) groups is 2. The SMILES string of the molecule is CCC(=O)N[C@H]1C[C@@H](n2cnc3c(NCC(c4ccc(O)cc4)c4ccc(O)cc4)nc(N4CCC(NC(=O)c5ccc(N6CCOCC6)nc5)C4)nc32)[C@H](O)[C@@H]1O.Cl. The van der Waals surface area contributed by atoms with Crippen LogP contribution in [-0.4, -0.2) is 127 Å². The molecule has 1 unspecified atom stereocenters. The number of morpholine rings is 1. The summed E-state index contributed by atoms with van der Waals surface area (Å²) in [5.74, 6) is 1.24. The summed E-state index contributed by atoms with van der Waals surface area (Å²) in [7, 11) is 0. The minimum absolute atomic E-state index is 0. The number of nitrogens with one attached hydrogen (secondary N) is 3. The first-order valence-corrected chi connectivity index (χ1v) is 19.7. The third-order valence-corrected chi connectivity index (χ3v) is 11.3. The molecule has 2 aliphatic heterocycles. The number of rotatable bonds is 12. The van der Waals surface area contributed by atoms with Crippen molar-refractivity contribution in [1.29, 1.82) is 0 Å². The number of pyridine rings is 1. The van der Waals surface area contributed by atoms with E-state index in [4.69, 9.17) is 19.7 Å². The quantitative estimate of drug-likeness (QED) is 0.0962. The van der Waals surface area contributed by atoms with Gasteiger partial charge in [0.15, 0.2) is 17.0 Å². The number of phenols is 2. The third-order valence-electron chi connectivity index (χ3n) is 11.3. The zero-order valence-corrected chi connectivity index (χ0v) is 33.3. The second kappa shape index (κ2) is 18.0. The van der Waals surface area contributed by atoms with Crippen molar-refractivity contribution in [3.05, 3.63) is 89.9 Å². The number of nitrogens with zero attached hydrogens (tertiary/aromatic N) is 7. The molecule has 0 bridgehead atoms. The number of ether oxygens (including phenoxy) is 1. The maximum absolute atomic E-state index is 13.4. The fraction of sp³-hybridized carbons (Fsp3) is 0.415. The summed E-state index contributed by atoms with van der Waals surface area (Å²) in [6.07, 6.45) is 1.92. The second-order valence-electron chi connectivity index (χ2n) is 15.0. The number of hydrogen-bond acceptors (Lipinski definition) is 14. The van der Waals surface area contributed by atoms with E-state index in [-0.39, 0.29) is 60.5 Å². The van der Waals surface area contributed by atoms with E-state index in [1.165, 1.54) is 0 Å². The Hall–Kier alpha value is -5.75. The van der Waals surface area contributed by atoms with Gasteiger partial charge in [-0.3, -0.25) is 9.59 Å². The molecule has 1 saturated carbocycles. The van der Waals surface area contributed by atoms with Gasteiger partial charge in [-0.15, -0.1) is 12.4 Å². The first kappa shape index (κ1) is 41.4. The van der Waals surface area contributed by atoms with Crippen LogP contribution in [0.25, 0.3) is 11.2 Å². The van der Waals surface area contributed by atoms with Gasteiger partial charge < -0.3 is 55.5 Å². The van der Waals surface area contributed by atoms with Crippen LogP contribution in [0.5, 0.6) is 11.5 Å². The van der Waals surface area contributed by atoms with Crippen molar-refractivity contribution >= 4 is 53.0 Å². The predicted octanol–water partition coefficient (Wildman–Crippen LogP) is 2.71. The molecule has 3 fully saturated rings. The van der Waals surface area contributed by atoms with Crippen LogP contribution in [0.4, 0.5) is 17.6 Å². The molecule has 2 aromatic carbocycles. The Bertz CT molecular complexity index is 2180. The summed E-state index contributed by atoms with van der Waals surface area (Å²) in [4.78, 5) is 48.9. The molecule has 5 atom stereocenters. The Morgan fingerprint density at radius 2 is 1.56 bits per heavy atom. The number of anilines is 3. The molecule has 3 aromatic heterocycles. The van der Waals surface area contributed by atoms with Gasteiger partial charge >= 0.3 is 0 Å². The van der Waals surface area contributed by atoms with Crippen molar-refractivity contribution < 1.29 is 34.8 Å². The number of aromatic nitrogens is 5. The Balaban J connectivity index is 0.00000528. The maximum atomic E-state index is 13.4. The minimum Gasteiger partial charge on any atom is -0.508 e. The highest BCUT2D eigenvalue weighted by atomic mass is 35.5. The summed E-state index contributed by atoms with van der Waals surface area (Å²) >= 11 is 0. The molecule has 7 N–H and O–H groups in total. The van der Waals surface area contributed by atoms with Gasteiger partial charge in [-0.1, -0.05) is 31.2 Å². The monoisotopic (exact) mass is 828 g/mol. The highest BCUT2D eigenvalue weighted by Gasteiger charge is 2.44. The number of aliphatic hydroxyl groups is 2. The Morgan fingerprint density at radius 1 is 0.864 bits per heavy atom. The number of carbonyl (C=O) groups excluding carboxylic acids is 2. The van der Waals surface area contributed by atoms with Crippen molar-refractivity contribution in [3.63, 3.8) is 0 Å². The smallest absolute Gasteiger partial charge is 0.253 e. The topological polar surface area (TPSA) is 223 Å². The van der Waals surface area contributed by atoms with Crippen LogP contribution in [0.2, 0.25) is 0 Å².